The lowest BCUT2D eigenvalue weighted by molar-refractivity contribution is 0.234. The van der Waals surface area contributed by atoms with Crippen LogP contribution in [0.5, 0.6) is 0 Å². The molecule has 0 spiro atoms. The van der Waals surface area contributed by atoms with Crippen molar-refractivity contribution in [3.63, 3.8) is 0 Å². The van der Waals surface area contributed by atoms with E-state index in [0.717, 1.165) is 31.2 Å². The van der Waals surface area contributed by atoms with Crippen LogP contribution in [0.1, 0.15) is 26.3 Å². The summed E-state index contributed by atoms with van der Waals surface area (Å²) < 4.78 is 0. The number of rotatable bonds is 4. The summed E-state index contributed by atoms with van der Waals surface area (Å²) >= 11 is 6.48. The maximum absolute atomic E-state index is 6.48. The molecule has 20 heavy (non-hydrogen) atoms. The third-order valence-corrected chi connectivity index (χ3v) is 4.35. The van der Waals surface area contributed by atoms with Gasteiger partial charge in [0.15, 0.2) is 0 Å². The predicted octanol–water partition coefficient (Wildman–Crippen LogP) is 2.98. The maximum Gasteiger partial charge on any atom is 0.0642 e. The molecule has 2 rings (SSSR count). The molecule has 1 saturated heterocycles. The molecule has 1 aliphatic rings. The first-order valence-corrected chi connectivity index (χ1v) is 7.82. The van der Waals surface area contributed by atoms with Crippen LogP contribution in [0.2, 0.25) is 5.02 Å². The van der Waals surface area contributed by atoms with Crippen LogP contribution in [-0.2, 0) is 6.54 Å². The predicted molar refractivity (Wildman–Crippen MR) is 87.7 cm³/mol. The van der Waals surface area contributed by atoms with Gasteiger partial charge >= 0.3 is 0 Å². The largest absolute Gasteiger partial charge is 0.367 e. The van der Waals surface area contributed by atoms with Crippen molar-refractivity contribution in [2.45, 2.75) is 39.4 Å². The Kier molecular flexibility index (Phi) is 5.30. The minimum Gasteiger partial charge on any atom is -0.367 e. The quantitative estimate of drug-likeness (QED) is 0.921. The Bertz CT molecular complexity index is 447. The van der Waals surface area contributed by atoms with Gasteiger partial charge in [-0.25, -0.2) is 0 Å². The van der Waals surface area contributed by atoms with Crippen LogP contribution in [0.4, 0.5) is 5.69 Å². The summed E-state index contributed by atoms with van der Waals surface area (Å²) in [4.78, 5) is 4.84. The number of hydrogen-bond acceptors (Lipinski definition) is 3. The Hall–Kier alpha value is -0.770. The normalized spacial score (nSPS) is 20.7. The van der Waals surface area contributed by atoms with Crippen molar-refractivity contribution >= 4 is 17.3 Å². The molecule has 1 unspecified atom stereocenters. The van der Waals surface area contributed by atoms with E-state index in [-0.39, 0.29) is 0 Å². The monoisotopic (exact) mass is 295 g/mol. The lowest BCUT2D eigenvalue weighted by atomic mass is 10.1. The average Bonchev–Trinajstić information content (AvgIpc) is 2.40. The van der Waals surface area contributed by atoms with Gasteiger partial charge in [0.05, 0.1) is 10.7 Å². The molecule has 3 nitrogen and oxygen atoms in total. The summed E-state index contributed by atoms with van der Waals surface area (Å²) in [7, 11) is 2.19. The van der Waals surface area contributed by atoms with Gasteiger partial charge in [-0.05, 0) is 25.6 Å². The number of nitrogens with one attached hydrogen (secondary N) is 1. The Morgan fingerprint density at radius 3 is 2.75 bits per heavy atom. The summed E-state index contributed by atoms with van der Waals surface area (Å²) in [5, 5.41) is 4.36. The first-order valence-electron chi connectivity index (χ1n) is 7.45. The topological polar surface area (TPSA) is 18.5 Å². The van der Waals surface area contributed by atoms with Crippen molar-refractivity contribution in [3.05, 3.63) is 28.8 Å². The van der Waals surface area contributed by atoms with Gasteiger partial charge < -0.3 is 15.1 Å². The standard InChI is InChI=1S/C16H26ClN3/c1-12(2)18-10-14-6-5-7-15(17)16(14)20-9-8-19(4)13(3)11-20/h5-7,12-13,18H,8-11H2,1-4H3. The summed E-state index contributed by atoms with van der Waals surface area (Å²) in [6, 6.07) is 7.26. The molecule has 1 heterocycles. The van der Waals surface area contributed by atoms with E-state index in [2.05, 4.69) is 49.0 Å². The molecule has 0 radical (unpaired) electrons. The van der Waals surface area contributed by atoms with E-state index in [1.807, 2.05) is 12.1 Å². The van der Waals surface area contributed by atoms with E-state index in [4.69, 9.17) is 11.6 Å². The van der Waals surface area contributed by atoms with Gasteiger partial charge in [-0.3, -0.25) is 0 Å². The first kappa shape index (κ1) is 15.6. The molecule has 0 bridgehead atoms. The number of para-hydroxylation sites is 1. The Morgan fingerprint density at radius 2 is 2.10 bits per heavy atom. The van der Waals surface area contributed by atoms with E-state index in [0.29, 0.717) is 12.1 Å². The van der Waals surface area contributed by atoms with Crippen molar-refractivity contribution in [2.24, 2.45) is 0 Å². The number of hydrogen-bond donors (Lipinski definition) is 1. The van der Waals surface area contributed by atoms with Gasteiger partial charge in [0, 0.05) is 38.3 Å². The smallest absolute Gasteiger partial charge is 0.0642 e. The minimum absolute atomic E-state index is 0.480. The first-order chi connectivity index (χ1) is 9.49. The van der Waals surface area contributed by atoms with Crippen LogP contribution in [-0.4, -0.2) is 43.7 Å². The van der Waals surface area contributed by atoms with E-state index >= 15 is 0 Å². The second-order valence-corrected chi connectivity index (χ2v) is 6.47. The molecule has 1 N–H and O–H groups in total. The third kappa shape index (κ3) is 3.66. The Morgan fingerprint density at radius 1 is 1.35 bits per heavy atom. The molecular formula is C16H26ClN3. The van der Waals surface area contributed by atoms with Gasteiger partial charge in [0.25, 0.3) is 0 Å². The minimum atomic E-state index is 0.480. The zero-order valence-corrected chi connectivity index (χ0v) is 13.7. The van der Waals surface area contributed by atoms with Gasteiger partial charge in [-0.15, -0.1) is 0 Å². The van der Waals surface area contributed by atoms with E-state index < -0.39 is 0 Å². The number of anilines is 1. The molecule has 112 valence electrons. The second-order valence-electron chi connectivity index (χ2n) is 6.06. The van der Waals surface area contributed by atoms with Gasteiger partial charge in [0.1, 0.15) is 0 Å². The summed E-state index contributed by atoms with van der Waals surface area (Å²) in [6.07, 6.45) is 0. The van der Waals surface area contributed by atoms with Crippen molar-refractivity contribution in [1.29, 1.82) is 0 Å². The van der Waals surface area contributed by atoms with Crippen LogP contribution in [0, 0.1) is 0 Å². The maximum atomic E-state index is 6.48. The van der Waals surface area contributed by atoms with Gasteiger partial charge in [-0.1, -0.05) is 37.6 Å². The fraction of sp³-hybridized carbons (Fsp3) is 0.625. The van der Waals surface area contributed by atoms with Gasteiger partial charge in [-0.2, -0.15) is 0 Å². The lowest BCUT2D eigenvalue weighted by Crippen LogP contribution is -2.50. The zero-order chi connectivity index (χ0) is 14.7. The molecule has 1 fully saturated rings. The van der Waals surface area contributed by atoms with Crippen LogP contribution >= 0.6 is 11.6 Å². The molecule has 1 aromatic carbocycles. The van der Waals surface area contributed by atoms with Crippen molar-refractivity contribution < 1.29 is 0 Å². The van der Waals surface area contributed by atoms with Crippen molar-refractivity contribution in [2.75, 3.05) is 31.6 Å². The Labute approximate surface area is 127 Å². The van der Waals surface area contributed by atoms with Crippen LogP contribution in [0.15, 0.2) is 18.2 Å². The summed E-state index contributed by atoms with van der Waals surface area (Å²) in [5.41, 5.74) is 2.50. The van der Waals surface area contributed by atoms with E-state index in [1.54, 1.807) is 0 Å². The number of halogens is 1. The molecule has 1 atom stereocenters. The lowest BCUT2D eigenvalue weighted by Gasteiger charge is -2.40. The average molecular weight is 296 g/mol. The third-order valence-electron chi connectivity index (χ3n) is 4.05. The fourth-order valence-corrected chi connectivity index (χ4v) is 2.94. The van der Waals surface area contributed by atoms with Crippen molar-refractivity contribution in [1.82, 2.24) is 10.2 Å². The highest BCUT2D eigenvalue weighted by atomic mass is 35.5. The summed E-state index contributed by atoms with van der Waals surface area (Å²) in [5.74, 6) is 0. The van der Waals surface area contributed by atoms with Gasteiger partial charge in [0.2, 0.25) is 0 Å². The molecule has 0 aromatic heterocycles. The molecule has 4 heteroatoms. The number of benzene rings is 1. The highest BCUT2D eigenvalue weighted by molar-refractivity contribution is 6.33. The number of likely N-dealkylation sites (N-methyl/N-ethyl adjacent to an activating group) is 1. The second kappa shape index (κ2) is 6.79. The molecule has 0 saturated carbocycles. The van der Waals surface area contributed by atoms with E-state index in [9.17, 15) is 0 Å². The summed E-state index contributed by atoms with van der Waals surface area (Å²) in [6.45, 7) is 10.6. The molecule has 1 aliphatic heterocycles. The highest BCUT2D eigenvalue weighted by Gasteiger charge is 2.23. The molecule has 0 amide bonds. The number of nitrogens with zero attached hydrogens (tertiary/aromatic N) is 2. The van der Waals surface area contributed by atoms with Crippen LogP contribution < -0.4 is 10.2 Å². The Balaban J connectivity index is 2.21. The van der Waals surface area contributed by atoms with Crippen LogP contribution in [0.3, 0.4) is 0 Å². The zero-order valence-electron chi connectivity index (χ0n) is 13.0. The highest BCUT2D eigenvalue weighted by Crippen LogP contribution is 2.31. The fourth-order valence-electron chi connectivity index (χ4n) is 2.62. The molecule has 1 aromatic rings. The van der Waals surface area contributed by atoms with Crippen LogP contribution in [0.25, 0.3) is 0 Å². The van der Waals surface area contributed by atoms with Crippen molar-refractivity contribution in [3.8, 4) is 0 Å². The molecule has 0 aliphatic carbocycles. The SMILES string of the molecule is CC(C)NCc1cccc(Cl)c1N1CCN(C)C(C)C1. The molecular weight excluding hydrogens is 270 g/mol. The number of piperazine rings is 1. The van der Waals surface area contributed by atoms with E-state index in [1.165, 1.54) is 11.3 Å².